The summed E-state index contributed by atoms with van der Waals surface area (Å²) in [5, 5.41) is 2.09. The number of esters is 2. The quantitative estimate of drug-likeness (QED) is 0.154. The van der Waals surface area contributed by atoms with Gasteiger partial charge < -0.3 is 18.9 Å². The van der Waals surface area contributed by atoms with Gasteiger partial charge in [-0.25, -0.2) is 9.59 Å². The number of fused-ring (bicyclic) bond motifs is 2. The van der Waals surface area contributed by atoms with Gasteiger partial charge >= 0.3 is 11.9 Å². The van der Waals surface area contributed by atoms with E-state index in [1.165, 1.54) is 25.1 Å². The van der Waals surface area contributed by atoms with Crippen LogP contribution in [0.5, 0.6) is 11.5 Å². The first kappa shape index (κ1) is 28.7. The van der Waals surface area contributed by atoms with Gasteiger partial charge in [0.05, 0.1) is 4.90 Å². The highest BCUT2D eigenvalue weighted by Gasteiger charge is 2.21. The van der Waals surface area contributed by atoms with Crippen molar-refractivity contribution >= 4 is 43.6 Å². The van der Waals surface area contributed by atoms with E-state index in [9.17, 15) is 22.6 Å². The maximum absolute atomic E-state index is 11.9. The van der Waals surface area contributed by atoms with Crippen molar-refractivity contribution in [3.8, 4) is 11.5 Å². The molecule has 2 atom stereocenters. The monoisotopic (exact) mass is 542 g/mol. The van der Waals surface area contributed by atoms with E-state index in [1.54, 1.807) is 39.0 Å². The summed E-state index contributed by atoms with van der Waals surface area (Å²) in [6.07, 6.45) is -1.25. The second kappa shape index (κ2) is 11.7. The molecule has 0 amide bonds. The van der Waals surface area contributed by atoms with Crippen LogP contribution in [-0.4, -0.2) is 50.3 Å². The van der Waals surface area contributed by atoms with Gasteiger partial charge in [-0.2, -0.15) is 8.42 Å². The summed E-state index contributed by atoms with van der Waals surface area (Å²) in [7, 11) is -4.52. The van der Waals surface area contributed by atoms with Crippen molar-refractivity contribution in [2.75, 3.05) is 13.2 Å². The molecule has 0 aliphatic heterocycles. The van der Waals surface area contributed by atoms with E-state index in [-0.39, 0.29) is 29.3 Å². The molecule has 0 radical (unpaired) electrons. The molecule has 0 heterocycles. The van der Waals surface area contributed by atoms with Gasteiger partial charge in [0.25, 0.3) is 10.1 Å². The normalized spacial score (nSPS) is 13.0. The number of carbonyl (C=O) groups is 2. The van der Waals surface area contributed by atoms with Crippen LogP contribution in [0.1, 0.15) is 27.7 Å². The molecule has 0 aromatic heterocycles. The molecule has 1 N–H and O–H groups in total. The average Bonchev–Trinajstić information content (AvgIpc) is 2.84. The zero-order chi connectivity index (χ0) is 28.2. The van der Waals surface area contributed by atoms with Crippen LogP contribution in [-0.2, 0) is 29.2 Å². The Morgan fingerprint density at radius 1 is 0.789 bits per heavy atom. The molecule has 3 aromatic rings. The second-order valence-corrected chi connectivity index (χ2v) is 10.4. The number of hydrogen-bond acceptors (Lipinski definition) is 8. The minimum atomic E-state index is -4.52. The standard InChI is InChI=1S/C28H30O9S/c1-16(2)27(29)36-18(5)14-34-25-21-9-7-8-10-22(21)26(35-15-19(6)37-28(30)17(3)4)24-13-20(38(31,32)33)11-12-23(24)25/h7-13,18-19H,1,3,14-15H2,2,4-6H3,(H,31,32,33). The maximum atomic E-state index is 11.9. The Morgan fingerprint density at radius 3 is 1.63 bits per heavy atom. The lowest BCUT2D eigenvalue weighted by molar-refractivity contribution is -0.145. The first-order valence-electron chi connectivity index (χ1n) is 11.7. The van der Waals surface area contributed by atoms with Crippen LogP contribution < -0.4 is 9.47 Å². The lowest BCUT2D eigenvalue weighted by atomic mass is 10.0. The van der Waals surface area contributed by atoms with E-state index < -0.39 is 34.3 Å². The topological polar surface area (TPSA) is 125 Å². The van der Waals surface area contributed by atoms with Gasteiger partial charge in [0, 0.05) is 32.7 Å². The highest BCUT2D eigenvalue weighted by Crippen LogP contribution is 2.43. The zero-order valence-electron chi connectivity index (χ0n) is 21.6. The average molecular weight is 543 g/mol. The van der Waals surface area contributed by atoms with E-state index >= 15 is 0 Å². The highest BCUT2D eigenvalue weighted by atomic mass is 32.2. The Labute approximate surface area is 221 Å². The van der Waals surface area contributed by atoms with Gasteiger partial charge in [0.2, 0.25) is 0 Å². The van der Waals surface area contributed by atoms with Crippen LogP contribution in [0.3, 0.4) is 0 Å². The summed E-state index contributed by atoms with van der Waals surface area (Å²) < 4.78 is 56.3. The molecule has 202 valence electrons. The first-order chi connectivity index (χ1) is 17.8. The fourth-order valence-corrected chi connectivity index (χ4v) is 4.09. The number of benzene rings is 3. The SMILES string of the molecule is C=C(C)C(=O)OC(C)COc1c2ccccc2c(OCC(C)OC(=O)C(=C)C)c2cc(S(=O)(=O)O)ccc12. The lowest BCUT2D eigenvalue weighted by Gasteiger charge is -2.21. The van der Waals surface area contributed by atoms with Gasteiger partial charge in [-0.05, 0) is 45.9 Å². The summed E-state index contributed by atoms with van der Waals surface area (Å²) in [5.74, 6) is -0.383. The molecule has 0 spiro atoms. The molecule has 2 unspecified atom stereocenters. The Hall–Kier alpha value is -3.89. The third-order valence-corrected chi connectivity index (χ3v) is 6.28. The Bertz CT molecular complexity index is 1520. The van der Waals surface area contributed by atoms with E-state index in [1.807, 2.05) is 6.07 Å². The summed E-state index contributed by atoms with van der Waals surface area (Å²) in [4.78, 5) is 23.4. The smallest absolute Gasteiger partial charge is 0.333 e. The zero-order valence-corrected chi connectivity index (χ0v) is 22.5. The minimum Gasteiger partial charge on any atom is -0.488 e. The summed E-state index contributed by atoms with van der Waals surface area (Å²) in [5.41, 5.74) is 0.505. The summed E-state index contributed by atoms with van der Waals surface area (Å²) in [6.45, 7) is 13.5. The lowest BCUT2D eigenvalue weighted by Crippen LogP contribution is -2.23. The maximum Gasteiger partial charge on any atom is 0.333 e. The summed E-state index contributed by atoms with van der Waals surface area (Å²) in [6, 6.07) is 11.2. The van der Waals surface area contributed by atoms with E-state index in [0.29, 0.717) is 33.0 Å². The number of rotatable bonds is 11. The van der Waals surface area contributed by atoms with Crippen molar-refractivity contribution in [2.45, 2.75) is 44.8 Å². The Morgan fingerprint density at radius 2 is 1.21 bits per heavy atom. The van der Waals surface area contributed by atoms with Crippen molar-refractivity contribution in [1.82, 2.24) is 0 Å². The largest absolute Gasteiger partial charge is 0.488 e. The molecule has 3 aromatic carbocycles. The molecule has 9 nitrogen and oxygen atoms in total. The molecule has 0 aliphatic rings. The van der Waals surface area contributed by atoms with Crippen molar-refractivity contribution in [1.29, 1.82) is 0 Å². The van der Waals surface area contributed by atoms with E-state index in [0.717, 1.165) is 0 Å². The van der Waals surface area contributed by atoms with E-state index in [2.05, 4.69) is 13.2 Å². The van der Waals surface area contributed by atoms with Gasteiger partial charge in [0.15, 0.2) is 0 Å². The Balaban J connectivity index is 2.10. The molecular formula is C28H30O9S. The van der Waals surface area contributed by atoms with Crippen LogP contribution in [0.15, 0.2) is 71.7 Å². The van der Waals surface area contributed by atoms with Crippen LogP contribution in [0.2, 0.25) is 0 Å². The first-order valence-corrected chi connectivity index (χ1v) is 13.2. The van der Waals surface area contributed by atoms with Gasteiger partial charge in [-0.1, -0.05) is 37.4 Å². The van der Waals surface area contributed by atoms with Gasteiger partial charge in [-0.3, -0.25) is 4.55 Å². The summed E-state index contributed by atoms with van der Waals surface area (Å²) >= 11 is 0. The molecule has 3 rings (SSSR count). The molecule has 0 saturated carbocycles. The number of ether oxygens (including phenoxy) is 4. The predicted molar refractivity (Wildman–Crippen MR) is 143 cm³/mol. The number of carbonyl (C=O) groups excluding carboxylic acids is 2. The molecule has 0 bridgehead atoms. The van der Waals surface area contributed by atoms with E-state index in [4.69, 9.17) is 18.9 Å². The van der Waals surface area contributed by atoms with Crippen LogP contribution in [0.25, 0.3) is 21.5 Å². The fraction of sp³-hybridized carbons (Fsp3) is 0.286. The van der Waals surface area contributed by atoms with Crippen LogP contribution >= 0.6 is 0 Å². The van der Waals surface area contributed by atoms with Crippen molar-refractivity contribution < 1.29 is 41.5 Å². The molecule has 10 heteroatoms. The molecule has 0 saturated heterocycles. The predicted octanol–water partition coefficient (Wildman–Crippen LogP) is 5.01. The highest BCUT2D eigenvalue weighted by molar-refractivity contribution is 7.85. The molecular weight excluding hydrogens is 512 g/mol. The van der Waals surface area contributed by atoms with Gasteiger partial charge in [-0.15, -0.1) is 0 Å². The molecule has 0 aliphatic carbocycles. The minimum absolute atomic E-state index is 0.00621. The molecule has 38 heavy (non-hydrogen) atoms. The number of hydrogen-bond donors (Lipinski definition) is 1. The van der Waals surface area contributed by atoms with Crippen LogP contribution in [0, 0.1) is 0 Å². The fourth-order valence-electron chi connectivity index (χ4n) is 3.59. The van der Waals surface area contributed by atoms with Crippen molar-refractivity contribution in [2.24, 2.45) is 0 Å². The van der Waals surface area contributed by atoms with Gasteiger partial charge in [0.1, 0.15) is 36.9 Å². The third-order valence-electron chi connectivity index (χ3n) is 5.43. The van der Waals surface area contributed by atoms with Crippen molar-refractivity contribution in [3.05, 3.63) is 66.8 Å². The third kappa shape index (κ3) is 6.70. The second-order valence-electron chi connectivity index (χ2n) is 9.00. The van der Waals surface area contributed by atoms with Crippen LogP contribution in [0.4, 0.5) is 0 Å². The molecule has 0 fully saturated rings. The Kier molecular flexibility index (Phi) is 8.80. The van der Waals surface area contributed by atoms with Crippen molar-refractivity contribution in [3.63, 3.8) is 0 Å².